The van der Waals surface area contributed by atoms with Crippen molar-refractivity contribution in [2.75, 3.05) is 14.2 Å². The summed E-state index contributed by atoms with van der Waals surface area (Å²) < 4.78 is 10.2. The number of allylic oxidation sites excluding steroid dienone is 3. The molecule has 2 aliphatic rings. The molecule has 0 spiro atoms. The number of carbonyl (C=O) groups excluding carboxylic acids is 2. The van der Waals surface area contributed by atoms with E-state index in [1.807, 2.05) is 36.1 Å². The summed E-state index contributed by atoms with van der Waals surface area (Å²) in [6.07, 6.45) is 0. The van der Waals surface area contributed by atoms with Gasteiger partial charge in [-0.1, -0.05) is 12.1 Å². The number of rotatable bonds is 4. The molecule has 0 aliphatic carbocycles. The Morgan fingerprint density at radius 3 is 2.35 bits per heavy atom. The van der Waals surface area contributed by atoms with Gasteiger partial charge in [-0.15, -0.1) is 0 Å². The lowest BCUT2D eigenvalue weighted by Gasteiger charge is -2.35. The number of hydrogen-bond acceptors (Lipinski definition) is 7. The Hall–Kier alpha value is -2.54. The van der Waals surface area contributed by atoms with E-state index in [-0.39, 0.29) is 5.78 Å². The first-order valence-corrected chi connectivity index (χ1v) is 8.91. The van der Waals surface area contributed by atoms with E-state index in [9.17, 15) is 9.59 Å². The standard InChI is InChI=1S/C19H20N2O4S/c1-10-15(18(23)25-5)16(13-6-8-14(24-4)9-7-13)21-11(2)17(12(3)22)26-19(21)20-10/h6-9,16H,1-5H3/t16-/m0/s1. The van der Waals surface area contributed by atoms with E-state index in [4.69, 9.17) is 9.47 Å². The fraction of sp³-hybridized carbons (Fsp3) is 0.316. The molecule has 1 atom stereocenters. The van der Waals surface area contributed by atoms with Crippen LogP contribution in [0.3, 0.4) is 0 Å². The average Bonchev–Trinajstić information content (AvgIpc) is 2.96. The molecule has 1 aromatic rings. The number of nitrogens with zero attached hydrogens (tertiary/aromatic N) is 2. The maximum absolute atomic E-state index is 12.5. The fourth-order valence-corrected chi connectivity index (χ4v) is 4.27. The molecule has 2 heterocycles. The molecule has 6 nitrogen and oxygen atoms in total. The van der Waals surface area contributed by atoms with Crippen LogP contribution in [0, 0.1) is 0 Å². The lowest BCUT2D eigenvalue weighted by Crippen LogP contribution is -2.35. The molecule has 0 unspecified atom stereocenters. The lowest BCUT2D eigenvalue weighted by molar-refractivity contribution is -0.136. The number of ketones is 1. The van der Waals surface area contributed by atoms with Gasteiger partial charge in [0, 0.05) is 5.70 Å². The minimum absolute atomic E-state index is 0.0182. The first-order valence-electron chi connectivity index (χ1n) is 8.09. The first kappa shape index (κ1) is 18.3. The van der Waals surface area contributed by atoms with E-state index in [1.54, 1.807) is 14.0 Å². The molecular weight excluding hydrogens is 352 g/mol. The summed E-state index contributed by atoms with van der Waals surface area (Å²) in [6, 6.07) is 7.10. The van der Waals surface area contributed by atoms with Gasteiger partial charge >= 0.3 is 5.97 Å². The minimum atomic E-state index is -0.430. The Balaban J connectivity index is 2.18. The molecule has 0 aromatic heterocycles. The number of ether oxygens (including phenoxy) is 2. The number of methoxy groups -OCH3 is 2. The summed E-state index contributed by atoms with van der Waals surface area (Å²) in [4.78, 5) is 31.6. The molecule has 26 heavy (non-hydrogen) atoms. The van der Waals surface area contributed by atoms with Crippen molar-refractivity contribution in [2.45, 2.75) is 26.8 Å². The van der Waals surface area contributed by atoms with Crippen molar-refractivity contribution in [1.82, 2.24) is 4.90 Å². The van der Waals surface area contributed by atoms with Crippen LogP contribution in [0.15, 0.2) is 51.1 Å². The van der Waals surface area contributed by atoms with E-state index in [0.717, 1.165) is 17.0 Å². The smallest absolute Gasteiger partial charge is 0.338 e. The van der Waals surface area contributed by atoms with Gasteiger partial charge in [0.15, 0.2) is 11.0 Å². The largest absolute Gasteiger partial charge is 0.497 e. The van der Waals surface area contributed by atoms with Gasteiger partial charge in [0.2, 0.25) is 0 Å². The Labute approximate surface area is 156 Å². The van der Waals surface area contributed by atoms with Gasteiger partial charge in [-0.3, -0.25) is 4.79 Å². The Kier molecular flexibility index (Phi) is 4.91. The van der Waals surface area contributed by atoms with E-state index in [2.05, 4.69) is 4.99 Å². The maximum atomic E-state index is 12.5. The second-order valence-corrected chi connectivity index (χ2v) is 6.98. The number of esters is 1. The molecule has 0 bridgehead atoms. The molecule has 2 aliphatic heterocycles. The van der Waals surface area contributed by atoms with Gasteiger partial charge < -0.3 is 14.4 Å². The third-order valence-electron chi connectivity index (χ3n) is 4.43. The van der Waals surface area contributed by atoms with Gasteiger partial charge in [0.25, 0.3) is 0 Å². The first-order chi connectivity index (χ1) is 12.4. The molecule has 0 radical (unpaired) electrons. The van der Waals surface area contributed by atoms with Crippen LogP contribution < -0.4 is 4.74 Å². The molecule has 136 valence electrons. The molecule has 1 aromatic carbocycles. The number of carbonyl (C=O) groups is 2. The molecule has 0 N–H and O–H groups in total. The molecule has 0 saturated heterocycles. The van der Waals surface area contributed by atoms with Gasteiger partial charge in [0.05, 0.1) is 36.4 Å². The Morgan fingerprint density at radius 1 is 1.15 bits per heavy atom. The highest BCUT2D eigenvalue weighted by Gasteiger charge is 2.42. The monoisotopic (exact) mass is 372 g/mol. The summed E-state index contributed by atoms with van der Waals surface area (Å²) in [6.45, 7) is 5.20. The topological polar surface area (TPSA) is 68.2 Å². The van der Waals surface area contributed by atoms with Crippen molar-refractivity contribution < 1.29 is 19.1 Å². The average molecular weight is 372 g/mol. The molecule has 0 saturated carbocycles. The van der Waals surface area contributed by atoms with E-state index < -0.39 is 12.0 Å². The van der Waals surface area contributed by atoms with Gasteiger partial charge in [-0.2, -0.15) is 0 Å². The summed E-state index contributed by atoms with van der Waals surface area (Å²) in [5, 5.41) is 0.693. The molecule has 0 amide bonds. The Morgan fingerprint density at radius 2 is 1.81 bits per heavy atom. The molecular formula is C19H20N2O4S. The summed E-state index contributed by atoms with van der Waals surface area (Å²) in [5.41, 5.74) is 2.74. The van der Waals surface area contributed by atoms with Crippen molar-refractivity contribution in [1.29, 1.82) is 0 Å². The van der Waals surface area contributed by atoms with Crippen molar-refractivity contribution in [3.63, 3.8) is 0 Å². The van der Waals surface area contributed by atoms with Crippen LogP contribution in [-0.2, 0) is 14.3 Å². The van der Waals surface area contributed by atoms with Crippen LogP contribution in [0.4, 0.5) is 0 Å². The zero-order valence-corrected chi connectivity index (χ0v) is 16.1. The molecule has 3 rings (SSSR count). The maximum Gasteiger partial charge on any atom is 0.338 e. The highest BCUT2D eigenvalue weighted by Crippen LogP contribution is 2.47. The Bertz CT molecular complexity index is 868. The molecule has 0 fully saturated rings. The van der Waals surface area contributed by atoms with Crippen molar-refractivity contribution in [3.05, 3.63) is 51.7 Å². The van der Waals surface area contributed by atoms with Crippen LogP contribution in [0.2, 0.25) is 0 Å². The SMILES string of the molecule is COC(=O)C1=C(C)N=C2SC(C(C)=O)=C(C)N2[C@H]1c1ccc(OC)cc1. The van der Waals surface area contributed by atoms with E-state index >= 15 is 0 Å². The van der Waals surface area contributed by atoms with Crippen molar-refractivity contribution in [3.8, 4) is 5.75 Å². The second kappa shape index (κ2) is 6.99. The van der Waals surface area contributed by atoms with E-state index in [1.165, 1.54) is 25.8 Å². The van der Waals surface area contributed by atoms with Gasteiger partial charge in [0.1, 0.15) is 5.75 Å². The van der Waals surface area contributed by atoms with Crippen LogP contribution in [0.5, 0.6) is 5.75 Å². The number of thioether (sulfide) groups is 1. The minimum Gasteiger partial charge on any atom is -0.497 e. The van der Waals surface area contributed by atoms with Crippen molar-refractivity contribution in [2.24, 2.45) is 4.99 Å². The lowest BCUT2D eigenvalue weighted by atomic mass is 9.94. The predicted octanol–water partition coefficient (Wildman–Crippen LogP) is 3.42. The van der Waals surface area contributed by atoms with Crippen LogP contribution >= 0.6 is 11.8 Å². The van der Waals surface area contributed by atoms with Crippen LogP contribution in [0.1, 0.15) is 32.4 Å². The summed E-state index contributed by atoms with van der Waals surface area (Å²) in [7, 11) is 2.96. The third kappa shape index (κ3) is 2.92. The number of benzene rings is 1. The number of hydrogen-bond donors (Lipinski definition) is 0. The van der Waals surface area contributed by atoms with Gasteiger partial charge in [-0.05, 0) is 50.2 Å². The molecule has 7 heteroatoms. The summed E-state index contributed by atoms with van der Waals surface area (Å²) >= 11 is 1.34. The van der Waals surface area contributed by atoms with Crippen molar-refractivity contribution >= 4 is 28.7 Å². The van der Waals surface area contributed by atoms with E-state index in [0.29, 0.717) is 21.3 Å². The highest BCUT2D eigenvalue weighted by atomic mass is 32.2. The zero-order valence-electron chi connectivity index (χ0n) is 15.3. The van der Waals surface area contributed by atoms with Gasteiger partial charge in [-0.25, -0.2) is 9.79 Å². The second-order valence-electron chi connectivity index (χ2n) is 6.00. The number of amidine groups is 1. The fourth-order valence-electron chi connectivity index (χ4n) is 3.18. The number of aliphatic imine (C=N–C) groups is 1. The summed E-state index contributed by atoms with van der Waals surface area (Å²) in [5.74, 6) is 0.279. The number of Topliss-reactive ketones (excluding diaryl/α,β-unsaturated/α-hetero) is 1. The zero-order chi connectivity index (χ0) is 19.0. The quantitative estimate of drug-likeness (QED) is 0.755. The predicted molar refractivity (Wildman–Crippen MR) is 101 cm³/mol. The van der Waals surface area contributed by atoms with Crippen LogP contribution in [-0.4, -0.2) is 36.0 Å². The third-order valence-corrected chi connectivity index (χ3v) is 5.69. The van der Waals surface area contributed by atoms with Crippen LogP contribution in [0.25, 0.3) is 0 Å². The normalized spacial score (nSPS) is 19.3. The number of fused-ring (bicyclic) bond motifs is 1. The highest BCUT2D eigenvalue weighted by molar-refractivity contribution is 8.18.